The largest absolute Gasteiger partial charge is 0.321 e. The fraction of sp³-hybridized carbons (Fsp3) is 0.250. The van der Waals surface area contributed by atoms with Crippen LogP contribution >= 0.6 is 0 Å². The molecule has 0 bridgehead atoms. The molecule has 3 aromatic rings. The van der Waals surface area contributed by atoms with Crippen molar-refractivity contribution in [2.45, 2.75) is 31.7 Å². The third kappa shape index (κ3) is 3.68. The summed E-state index contributed by atoms with van der Waals surface area (Å²) >= 11 is 0. The number of amides is 1. The minimum Gasteiger partial charge on any atom is -0.321 e. The van der Waals surface area contributed by atoms with Crippen LogP contribution in [0, 0.1) is 0 Å². The molecule has 0 unspecified atom stereocenters. The van der Waals surface area contributed by atoms with Crippen molar-refractivity contribution in [2.75, 3.05) is 11.1 Å². The Balaban J connectivity index is 2.00. The molecule has 7 nitrogen and oxygen atoms in total. The molecular weight excluding hydrogens is 378 g/mol. The molecule has 2 aromatic carbocycles. The van der Waals surface area contributed by atoms with Gasteiger partial charge in [0.2, 0.25) is 0 Å². The zero-order chi connectivity index (χ0) is 20.5. The van der Waals surface area contributed by atoms with Crippen molar-refractivity contribution >= 4 is 32.2 Å². The molecule has 0 saturated heterocycles. The maximum absolute atomic E-state index is 12.8. The SMILES string of the molecule is CCS(=O)(=O)c1ccc(NC(=O)c2nn(C(C)C)c(=O)c3ccccc23)cc1. The van der Waals surface area contributed by atoms with E-state index < -0.39 is 15.7 Å². The first-order valence-electron chi connectivity index (χ1n) is 8.90. The standard InChI is InChI=1S/C20H21N3O4S/c1-4-28(26,27)15-11-9-14(10-12-15)21-19(24)18-16-7-5-6-8-17(16)20(25)23(22-18)13(2)3/h5-13H,4H2,1-3H3,(H,21,24). The fourth-order valence-corrected chi connectivity index (χ4v) is 3.71. The number of hydrogen-bond acceptors (Lipinski definition) is 5. The summed E-state index contributed by atoms with van der Waals surface area (Å²) in [5.41, 5.74) is 0.318. The van der Waals surface area contributed by atoms with Crippen LogP contribution in [0.1, 0.15) is 37.3 Å². The van der Waals surface area contributed by atoms with Gasteiger partial charge in [-0.2, -0.15) is 5.10 Å². The van der Waals surface area contributed by atoms with Gasteiger partial charge in [0, 0.05) is 11.1 Å². The van der Waals surface area contributed by atoms with Crippen molar-refractivity contribution in [3.63, 3.8) is 0 Å². The number of rotatable bonds is 5. The van der Waals surface area contributed by atoms with Gasteiger partial charge in [0.15, 0.2) is 15.5 Å². The molecule has 28 heavy (non-hydrogen) atoms. The lowest BCUT2D eigenvalue weighted by Crippen LogP contribution is -2.28. The van der Waals surface area contributed by atoms with Gasteiger partial charge in [-0.15, -0.1) is 0 Å². The molecule has 146 valence electrons. The number of carbonyl (C=O) groups excluding carboxylic acids is 1. The van der Waals surface area contributed by atoms with E-state index >= 15 is 0 Å². The van der Waals surface area contributed by atoms with E-state index in [1.165, 1.54) is 28.9 Å². The lowest BCUT2D eigenvalue weighted by atomic mass is 10.1. The summed E-state index contributed by atoms with van der Waals surface area (Å²) in [5, 5.41) is 7.87. The van der Waals surface area contributed by atoms with E-state index in [9.17, 15) is 18.0 Å². The number of hydrogen-bond donors (Lipinski definition) is 1. The van der Waals surface area contributed by atoms with Crippen LogP contribution < -0.4 is 10.9 Å². The molecule has 0 aliphatic carbocycles. The van der Waals surface area contributed by atoms with Crippen LogP contribution in [0.25, 0.3) is 10.8 Å². The van der Waals surface area contributed by atoms with Gasteiger partial charge < -0.3 is 5.32 Å². The summed E-state index contributed by atoms with van der Waals surface area (Å²) in [5.74, 6) is -0.470. The van der Waals surface area contributed by atoms with E-state index in [2.05, 4.69) is 10.4 Å². The first kappa shape index (κ1) is 19.8. The maximum Gasteiger partial charge on any atom is 0.276 e. The van der Waals surface area contributed by atoms with Crippen LogP contribution in [0.2, 0.25) is 0 Å². The Hall–Kier alpha value is -3.00. The molecule has 0 atom stereocenters. The monoisotopic (exact) mass is 399 g/mol. The van der Waals surface area contributed by atoms with Crippen molar-refractivity contribution in [1.82, 2.24) is 9.78 Å². The Morgan fingerprint density at radius 3 is 2.25 bits per heavy atom. The summed E-state index contributed by atoms with van der Waals surface area (Å²) in [6, 6.07) is 12.6. The second-order valence-electron chi connectivity index (χ2n) is 6.62. The van der Waals surface area contributed by atoms with Crippen LogP contribution in [-0.2, 0) is 9.84 Å². The van der Waals surface area contributed by atoms with Crippen LogP contribution in [0.15, 0.2) is 58.2 Å². The summed E-state index contributed by atoms with van der Waals surface area (Å²) < 4.78 is 25.1. The lowest BCUT2D eigenvalue weighted by Gasteiger charge is -2.13. The summed E-state index contributed by atoms with van der Waals surface area (Å²) in [4.78, 5) is 25.6. The molecular formula is C20H21N3O4S. The molecule has 8 heteroatoms. The Kier molecular flexibility index (Phi) is 5.33. The Labute approximate surface area is 162 Å². The van der Waals surface area contributed by atoms with Crippen LogP contribution in [0.3, 0.4) is 0 Å². The van der Waals surface area contributed by atoms with Gasteiger partial charge in [-0.3, -0.25) is 9.59 Å². The summed E-state index contributed by atoms with van der Waals surface area (Å²) in [6.07, 6.45) is 0. The maximum atomic E-state index is 12.8. The zero-order valence-electron chi connectivity index (χ0n) is 15.8. The number of nitrogens with one attached hydrogen (secondary N) is 1. The second kappa shape index (κ2) is 7.55. The molecule has 0 aliphatic heterocycles. The van der Waals surface area contributed by atoms with Gasteiger partial charge in [0.25, 0.3) is 11.5 Å². The number of anilines is 1. The van der Waals surface area contributed by atoms with E-state index in [1.54, 1.807) is 31.2 Å². The number of fused-ring (bicyclic) bond motifs is 1. The third-order valence-electron chi connectivity index (χ3n) is 4.38. The molecule has 0 saturated carbocycles. The predicted octanol–water partition coefficient (Wildman–Crippen LogP) is 3.02. The zero-order valence-corrected chi connectivity index (χ0v) is 16.7. The molecule has 1 heterocycles. The number of nitrogens with zero attached hydrogens (tertiary/aromatic N) is 2. The highest BCUT2D eigenvalue weighted by atomic mass is 32.2. The third-order valence-corrected chi connectivity index (χ3v) is 6.13. The molecule has 1 aromatic heterocycles. The Morgan fingerprint density at radius 2 is 1.68 bits per heavy atom. The number of aromatic nitrogens is 2. The Morgan fingerprint density at radius 1 is 1.07 bits per heavy atom. The summed E-state index contributed by atoms with van der Waals surface area (Å²) in [6.45, 7) is 5.21. The normalized spacial score (nSPS) is 11.7. The first-order chi connectivity index (χ1) is 13.2. The average molecular weight is 399 g/mol. The minimum atomic E-state index is -3.31. The number of carbonyl (C=O) groups is 1. The molecule has 3 rings (SSSR count). The fourth-order valence-electron chi connectivity index (χ4n) is 2.83. The van der Waals surface area contributed by atoms with E-state index in [0.29, 0.717) is 16.5 Å². The van der Waals surface area contributed by atoms with Gasteiger partial charge in [0.05, 0.1) is 22.1 Å². The number of sulfone groups is 1. The van der Waals surface area contributed by atoms with Crippen LogP contribution in [-0.4, -0.2) is 29.9 Å². The van der Waals surface area contributed by atoms with Gasteiger partial charge in [-0.05, 0) is 44.2 Å². The quantitative estimate of drug-likeness (QED) is 0.711. The first-order valence-corrected chi connectivity index (χ1v) is 10.6. The van der Waals surface area contributed by atoms with Gasteiger partial charge in [0.1, 0.15) is 0 Å². The van der Waals surface area contributed by atoms with Crippen molar-refractivity contribution < 1.29 is 13.2 Å². The Bertz CT molecular complexity index is 1200. The number of benzene rings is 2. The molecule has 0 radical (unpaired) electrons. The molecule has 1 amide bonds. The predicted molar refractivity (Wildman–Crippen MR) is 109 cm³/mol. The average Bonchev–Trinajstić information content (AvgIpc) is 2.68. The van der Waals surface area contributed by atoms with Crippen molar-refractivity contribution in [3.05, 3.63) is 64.6 Å². The highest BCUT2D eigenvalue weighted by molar-refractivity contribution is 7.91. The second-order valence-corrected chi connectivity index (χ2v) is 8.90. The van der Waals surface area contributed by atoms with E-state index in [1.807, 2.05) is 13.8 Å². The van der Waals surface area contributed by atoms with Crippen molar-refractivity contribution in [3.8, 4) is 0 Å². The molecule has 0 aliphatic rings. The highest BCUT2D eigenvalue weighted by Gasteiger charge is 2.18. The topological polar surface area (TPSA) is 98.1 Å². The molecule has 0 spiro atoms. The van der Waals surface area contributed by atoms with E-state index in [4.69, 9.17) is 0 Å². The van der Waals surface area contributed by atoms with E-state index in [0.717, 1.165) is 0 Å². The molecule has 1 N–H and O–H groups in total. The van der Waals surface area contributed by atoms with Crippen LogP contribution in [0.4, 0.5) is 5.69 Å². The van der Waals surface area contributed by atoms with Crippen molar-refractivity contribution in [2.24, 2.45) is 0 Å². The highest BCUT2D eigenvalue weighted by Crippen LogP contribution is 2.19. The molecule has 0 fully saturated rings. The lowest BCUT2D eigenvalue weighted by molar-refractivity contribution is 0.102. The van der Waals surface area contributed by atoms with Gasteiger partial charge in [-0.1, -0.05) is 25.1 Å². The van der Waals surface area contributed by atoms with Crippen molar-refractivity contribution in [1.29, 1.82) is 0 Å². The summed E-state index contributed by atoms with van der Waals surface area (Å²) in [7, 11) is -3.31. The van der Waals surface area contributed by atoms with Gasteiger partial charge in [-0.25, -0.2) is 13.1 Å². The van der Waals surface area contributed by atoms with Gasteiger partial charge >= 0.3 is 0 Å². The van der Waals surface area contributed by atoms with E-state index in [-0.39, 0.29) is 27.9 Å². The van der Waals surface area contributed by atoms with Crippen LogP contribution in [0.5, 0.6) is 0 Å². The minimum absolute atomic E-state index is 0.00532. The smallest absolute Gasteiger partial charge is 0.276 e.